The molecule has 118 valence electrons. The second-order valence-corrected chi connectivity index (χ2v) is 5.31. The molecule has 0 bridgehead atoms. The van der Waals surface area contributed by atoms with Crippen LogP contribution in [-0.4, -0.2) is 51.7 Å². The second kappa shape index (κ2) is 8.06. The van der Waals surface area contributed by atoms with Crippen LogP contribution in [0.5, 0.6) is 0 Å². The van der Waals surface area contributed by atoms with E-state index in [0.29, 0.717) is 25.8 Å². The van der Waals surface area contributed by atoms with Crippen molar-refractivity contribution in [2.24, 2.45) is 0 Å². The van der Waals surface area contributed by atoms with Crippen LogP contribution >= 0.6 is 0 Å². The van der Waals surface area contributed by atoms with Crippen molar-refractivity contribution in [3.63, 3.8) is 0 Å². The van der Waals surface area contributed by atoms with Gasteiger partial charge in [0.2, 0.25) is 0 Å². The van der Waals surface area contributed by atoms with Crippen LogP contribution in [0.25, 0.3) is 0 Å². The number of aliphatic hydroxyl groups is 1. The first-order valence-corrected chi connectivity index (χ1v) is 7.32. The van der Waals surface area contributed by atoms with E-state index in [1.54, 1.807) is 0 Å². The molecule has 1 unspecified atom stereocenters. The van der Waals surface area contributed by atoms with E-state index >= 15 is 0 Å². The van der Waals surface area contributed by atoms with E-state index in [9.17, 15) is 15.2 Å². The van der Waals surface area contributed by atoms with E-state index in [1.165, 1.54) is 29.9 Å². The Labute approximate surface area is 123 Å². The maximum absolute atomic E-state index is 10.5. The number of aliphatic hydroxyl groups excluding tert-OH is 1. The lowest BCUT2D eigenvalue weighted by Crippen LogP contribution is -2.33. The lowest BCUT2D eigenvalue weighted by Gasteiger charge is -2.14. The first kappa shape index (κ1) is 15.9. The quantitative estimate of drug-likeness (QED) is 0.395. The molecule has 0 radical (unpaired) electrons. The Morgan fingerprint density at radius 2 is 2.33 bits per heavy atom. The Bertz CT molecular complexity index is 445. The van der Waals surface area contributed by atoms with Gasteiger partial charge in [-0.25, -0.2) is 0 Å². The summed E-state index contributed by atoms with van der Waals surface area (Å²) in [6.07, 6.45) is 7.07. The molecule has 8 nitrogen and oxygen atoms in total. The third-order valence-corrected chi connectivity index (χ3v) is 3.54. The van der Waals surface area contributed by atoms with Crippen molar-refractivity contribution in [3.05, 3.63) is 22.5 Å². The lowest BCUT2D eigenvalue weighted by molar-refractivity contribution is -0.385. The summed E-state index contributed by atoms with van der Waals surface area (Å²) in [5.41, 5.74) is -0.0693. The predicted octanol–water partition coefficient (Wildman–Crippen LogP) is 0.701. The molecule has 21 heavy (non-hydrogen) atoms. The van der Waals surface area contributed by atoms with Gasteiger partial charge in [-0.15, -0.1) is 0 Å². The second-order valence-electron chi connectivity index (χ2n) is 5.31. The summed E-state index contributed by atoms with van der Waals surface area (Å²) >= 11 is 0. The molecule has 1 fully saturated rings. The summed E-state index contributed by atoms with van der Waals surface area (Å²) in [7, 11) is 0. The summed E-state index contributed by atoms with van der Waals surface area (Å²) in [5.74, 6) is 0. The monoisotopic (exact) mass is 298 g/mol. The molecule has 1 atom stereocenters. The van der Waals surface area contributed by atoms with E-state index in [2.05, 4.69) is 10.4 Å². The van der Waals surface area contributed by atoms with Gasteiger partial charge in [0, 0.05) is 13.1 Å². The molecule has 1 saturated carbocycles. The third-order valence-electron chi connectivity index (χ3n) is 3.54. The van der Waals surface area contributed by atoms with Crippen molar-refractivity contribution >= 4 is 5.69 Å². The topological polar surface area (TPSA) is 102 Å². The molecule has 0 amide bonds. The molecule has 1 aliphatic carbocycles. The number of ether oxygens (including phenoxy) is 1. The molecule has 1 aliphatic rings. The van der Waals surface area contributed by atoms with Gasteiger partial charge in [0.25, 0.3) is 0 Å². The van der Waals surface area contributed by atoms with Crippen molar-refractivity contribution in [2.45, 2.75) is 44.4 Å². The third kappa shape index (κ3) is 5.41. The Hall–Kier alpha value is -1.51. The van der Waals surface area contributed by atoms with Gasteiger partial charge in [-0.3, -0.25) is 14.8 Å². The van der Waals surface area contributed by atoms with Gasteiger partial charge >= 0.3 is 5.69 Å². The summed E-state index contributed by atoms with van der Waals surface area (Å²) in [6.45, 7) is 1.96. The molecule has 0 saturated heterocycles. The molecule has 1 aromatic rings. The lowest BCUT2D eigenvalue weighted by atomic mass is 10.3. The van der Waals surface area contributed by atoms with Gasteiger partial charge < -0.3 is 15.2 Å². The standard InChI is InChI=1S/C13H22N4O4/c18-12(10-16-9-11(7-15-16)17(19)20)8-14-5-6-21-13-3-1-2-4-13/h7,9,12-14,18H,1-6,8,10H2. The summed E-state index contributed by atoms with van der Waals surface area (Å²) in [6, 6.07) is 0. The van der Waals surface area contributed by atoms with Crippen LogP contribution < -0.4 is 5.32 Å². The zero-order valence-corrected chi connectivity index (χ0v) is 12.0. The van der Waals surface area contributed by atoms with Crippen molar-refractivity contribution in [2.75, 3.05) is 19.7 Å². The first-order valence-electron chi connectivity index (χ1n) is 7.32. The fourth-order valence-corrected chi connectivity index (χ4v) is 2.45. The van der Waals surface area contributed by atoms with E-state index in [1.807, 2.05) is 0 Å². The molecule has 1 aromatic heterocycles. The highest BCUT2D eigenvalue weighted by atomic mass is 16.6. The fourth-order valence-electron chi connectivity index (χ4n) is 2.45. The predicted molar refractivity (Wildman–Crippen MR) is 76.0 cm³/mol. The van der Waals surface area contributed by atoms with Crippen LogP contribution in [0.15, 0.2) is 12.4 Å². The van der Waals surface area contributed by atoms with Gasteiger partial charge in [0.1, 0.15) is 12.4 Å². The van der Waals surface area contributed by atoms with Crippen LogP contribution in [-0.2, 0) is 11.3 Å². The molecule has 2 rings (SSSR count). The molecule has 0 spiro atoms. The van der Waals surface area contributed by atoms with E-state index in [-0.39, 0.29) is 12.2 Å². The SMILES string of the molecule is O=[N+]([O-])c1cnn(CC(O)CNCCOC2CCCC2)c1. The zero-order valence-electron chi connectivity index (χ0n) is 12.0. The maximum atomic E-state index is 10.5. The first-order chi connectivity index (χ1) is 10.1. The molecular weight excluding hydrogens is 276 g/mol. The fraction of sp³-hybridized carbons (Fsp3) is 0.769. The van der Waals surface area contributed by atoms with Gasteiger partial charge in [0.05, 0.1) is 30.3 Å². The van der Waals surface area contributed by atoms with Gasteiger partial charge in [-0.1, -0.05) is 12.8 Å². The van der Waals surface area contributed by atoms with Gasteiger partial charge in [-0.2, -0.15) is 5.10 Å². The van der Waals surface area contributed by atoms with E-state index in [0.717, 1.165) is 12.8 Å². The summed E-state index contributed by atoms with van der Waals surface area (Å²) in [4.78, 5) is 10.0. The maximum Gasteiger partial charge on any atom is 0.306 e. The Balaban J connectivity index is 1.56. The van der Waals surface area contributed by atoms with Gasteiger partial charge in [-0.05, 0) is 12.8 Å². The minimum Gasteiger partial charge on any atom is -0.390 e. The van der Waals surface area contributed by atoms with Crippen molar-refractivity contribution < 1.29 is 14.8 Å². The minimum absolute atomic E-state index is 0.0693. The Morgan fingerprint density at radius 3 is 3.00 bits per heavy atom. The highest BCUT2D eigenvalue weighted by molar-refractivity contribution is 5.20. The molecule has 0 aliphatic heterocycles. The Morgan fingerprint density at radius 1 is 1.57 bits per heavy atom. The van der Waals surface area contributed by atoms with Crippen LogP contribution in [0.2, 0.25) is 0 Å². The van der Waals surface area contributed by atoms with Crippen molar-refractivity contribution in [1.29, 1.82) is 0 Å². The zero-order chi connectivity index (χ0) is 15.1. The van der Waals surface area contributed by atoms with Crippen LogP contribution in [0.1, 0.15) is 25.7 Å². The molecular formula is C13H22N4O4. The average molecular weight is 298 g/mol. The minimum atomic E-state index is -0.643. The number of nitro groups is 1. The van der Waals surface area contributed by atoms with Gasteiger partial charge in [0.15, 0.2) is 0 Å². The van der Waals surface area contributed by atoms with Crippen LogP contribution in [0.3, 0.4) is 0 Å². The molecule has 1 heterocycles. The highest BCUT2D eigenvalue weighted by Gasteiger charge is 2.15. The molecule has 2 N–H and O–H groups in total. The summed E-state index contributed by atoms with van der Waals surface area (Å²) < 4.78 is 7.07. The Kier molecular flexibility index (Phi) is 6.09. The number of nitrogens with zero attached hydrogens (tertiary/aromatic N) is 3. The molecule has 8 heteroatoms. The van der Waals surface area contributed by atoms with Crippen LogP contribution in [0.4, 0.5) is 5.69 Å². The summed E-state index contributed by atoms with van der Waals surface area (Å²) in [5, 5.41) is 27.3. The number of hydrogen-bond donors (Lipinski definition) is 2. The average Bonchev–Trinajstić information content (AvgIpc) is 3.09. The number of nitrogens with one attached hydrogen (secondary N) is 1. The smallest absolute Gasteiger partial charge is 0.306 e. The van der Waals surface area contributed by atoms with Crippen molar-refractivity contribution in [1.82, 2.24) is 15.1 Å². The normalized spacial score (nSPS) is 17.2. The van der Waals surface area contributed by atoms with E-state index in [4.69, 9.17) is 4.74 Å². The number of rotatable bonds is 9. The number of aromatic nitrogens is 2. The van der Waals surface area contributed by atoms with E-state index < -0.39 is 11.0 Å². The highest BCUT2D eigenvalue weighted by Crippen LogP contribution is 2.20. The van der Waals surface area contributed by atoms with Crippen molar-refractivity contribution in [3.8, 4) is 0 Å². The number of hydrogen-bond acceptors (Lipinski definition) is 6. The molecule has 0 aromatic carbocycles. The largest absolute Gasteiger partial charge is 0.390 e. The van der Waals surface area contributed by atoms with Crippen LogP contribution in [0, 0.1) is 10.1 Å².